The van der Waals surface area contributed by atoms with Crippen molar-refractivity contribution in [2.24, 2.45) is 0 Å². The summed E-state index contributed by atoms with van der Waals surface area (Å²) in [6.07, 6.45) is -2.90. The molecule has 1 aliphatic heterocycles. The van der Waals surface area contributed by atoms with Crippen LogP contribution < -0.4 is 5.73 Å². The third-order valence-electron chi connectivity index (χ3n) is 3.97. The molecule has 0 radical (unpaired) electrons. The van der Waals surface area contributed by atoms with Crippen LogP contribution in [0, 0.1) is 4.84 Å². The summed E-state index contributed by atoms with van der Waals surface area (Å²) in [6, 6.07) is 0. The van der Waals surface area contributed by atoms with Crippen molar-refractivity contribution in [2.75, 3.05) is 12.3 Å². The fourth-order valence-corrected chi connectivity index (χ4v) is 3.25. The van der Waals surface area contributed by atoms with Crippen molar-refractivity contribution in [2.45, 2.75) is 45.3 Å². The van der Waals surface area contributed by atoms with Gasteiger partial charge in [0.25, 0.3) is 4.84 Å². The third-order valence-corrected chi connectivity index (χ3v) is 4.25. The number of carbonyl (C=O) groups is 3. The summed E-state index contributed by atoms with van der Waals surface area (Å²) < 4.78 is 28.4. The number of hydrogen-bond acceptors (Lipinski definition) is 12. The average molecular weight is 426 g/mol. The first-order chi connectivity index (χ1) is 13.7. The van der Waals surface area contributed by atoms with Gasteiger partial charge in [-0.2, -0.15) is 4.98 Å². The van der Waals surface area contributed by atoms with Crippen LogP contribution in [0.1, 0.15) is 27.0 Å². The SMILES string of the molecule is CC(=O)OC[C@H]1O[C@@H](n2c(=S)oc3cnc(N)nc32)[C@H](OC(C)=O)[C@@H]1OC(C)=O. The molecule has 2 aromatic rings. The first kappa shape index (κ1) is 20.7. The molecule has 4 atom stereocenters. The van der Waals surface area contributed by atoms with Gasteiger partial charge in [0.05, 0.1) is 6.20 Å². The van der Waals surface area contributed by atoms with Crippen molar-refractivity contribution < 1.29 is 37.7 Å². The highest BCUT2D eigenvalue weighted by molar-refractivity contribution is 7.71. The molecule has 2 aromatic heterocycles. The standard InChI is InChI=1S/C16H18N4O8S/c1-6(21)24-5-10-11(25-7(2)22)12(26-8(3)23)14(27-10)20-13-9(28-16(20)29)4-18-15(17)19-13/h4,10-12,14H,5H2,1-3H3,(H2,17,18,19)/t10-,11-,12-,14-/m1/s1. The zero-order chi connectivity index (χ0) is 21.3. The summed E-state index contributed by atoms with van der Waals surface area (Å²) in [5.41, 5.74) is 6.07. The number of nitrogens with two attached hydrogens (primary N) is 1. The summed E-state index contributed by atoms with van der Waals surface area (Å²) in [5.74, 6) is -1.90. The monoisotopic (exact) mass is 426 g/mol. The highest BCUT2D eigenvalue weighted by Gasteiger charge is 2.51. The number of nitrogens with zero attached hydrogens (tertiary/aromatic N) is 3. The van der Waals surface area contributed by atoms with E-state index < -0.39 is 42.4 Å². The van der Waals surface area contributed by atoms with Gasteiger partial charge in [0, 0.05) is 20.8 Å². The molecule has 156 valence electrons. The van der Waals surface area contributed by atoms with Crippen LogP contribution in [0.2, 0.25) is 0 Å². The van der Waals surface area contributed by atoms with Crippen molar-refractivity contribution in [1.82, 2.24) is 14.5 Å². The maximum atomic E-state index is 11.7. The maximum absolute atomic E-state index is 11.7. The van der Waals surface area contributed by atoms with E-state index in [0.717, 1.165) is 0 Å². The molecular formula is C16H18N4O8S. The number of hydrogen-bond donors (Lipinski definition) is 1. The minimum atomic E-state index is -1.12. The Kier molecular flexibility index (Phi) is 5.79. The van der Waals surface area contributed by atoms with Crippen LogP contribution in [0.25, 0.3) is 11.2 Å². The number of carbonyl (C=O) groups excluding carboxylic acids is 3. The lowest BCUT2D eigenvalue weighted by Gasteiger charge is -2.23. The normalized spacial score (nSPS) is 23.7. The molecule has 12 nitrogen and oxygen atoms in total. The van der Waals surface area contributed by atoms with E-state index in [4.69, 9.17) is 41.3 Å². The zero-order valence-corrected chi connectivity index (χ0v) is 16.5. The van der Waals surface area contributed by atoms with Crippen molar-refractivity contribution in [3.63, 3.8) is 0 Å². The molecule has 0 bridgehead atoms. The molecule has 0 saturated carbocycles. The Labute approximate surface area is 168 Å². The Bertz CT molecular complexity index is 1020. The Morgan fingerprint density at radius 1 is 1.17 bits per heavy atom. The van der Waals surface area contributed by atoms with Gasteiger partial charge in [-0.25, -0.2) is 4.98 Å². The van der Waals surface area contributed by atoms with Crippen LogP contribution in [-0.4, -0.2) is 57.4 Å². The minimum absolute atomic E-state index is 0.0444. The summed E-state index contributed by atoms with van der Waals surface area (Å²) in [5, 5.41) is 0. The van der Waals surface area contributed by atoms with Crippen molar-refractivity contribution in [3.8, 4) is 0 Å². The number of nitrogen functional groups attached to an aromatic ring is 1. The van der Waals surface area contributed by atoms with Gasteiger partial charge in [-0.15, -0.1) is 0 Å². The van der Waals surface area contributed by atoms with Crippen molar-refractivity contribution in [3.05, 3.63) is 11.0 Å². The molecule has 3 rings (SSSR count). The predicted molar refractivity (Wildman–Crippen MR) is 96.7 cm³/mol. The highest BCUT2D eigenvalue weighted by atomic mass is 32.1. The van der Waals surface area contributed by atoms with E-state index in [0.29, 0.717) is 0 Å². The van der Waals surface area contributed by atoms with Gasteiger partial charge in [-0.1, -0.05) is 0 Å². The zero-order valence-electron chi connectivity index (χ0n) is 15.7. The smallest absolute Gasteiger partial charge is 0.303 e. The van der Waals surface area contributed by atoms with Crippen LogP contribution in [0.4, 0.5) is 5.95 Å². The lowest BCUT2D eigenvalue weighted by molar-refractivity contribution is -0.166. The van der Waals surface area contributed by atoms with E-state index in [9.17, 15) is 14.4 Å². The lowest BCUT2D eigenvalue weighted by Crippen LogP contribution is -2.40. The van der Waals surface area contributed by atoms with Gasteiger partial charge in [-0.05, 0) is 12.2 Å². The molecule has 2 N–H and O–H groups in total. The molecule has 0 unspecified atom stereocenters. The molecule has 0 amide bonds. The molecular weight excluding hydrogens is 408 g/mol. The van der Waals surface area contributed by atoms with Crippen LogP contribution in [0.3, 0.4) is 0 Å². The van der Waals surface area contributed by atoms with E-state index in [1.54, 1.807) is 0 Å². The number of fused-ring (bicyclic) bond motifs is 1. The van der Waals surface area contributed by atoms with E-state index in [-0.39, 0.29) is 28.6 Å². The number of ether oxygens (including phenoxy) is 4. The fraction of sp³-hybridized carbons (Fsp3) is 0.500. The van der Waals surface area contributed by atoms with E-state index >= 15 is 0 Å². The number of esters is 3. The van der Waals surface area contributed by atoms with E-state index in [2.05, 4.69) is 9.97 Å². The van der Waals surface area contributed by atoms with Crippen LogP contribution in [0.5, 0.6) is 0 Å². The summed E-state index contributed by atoms with van der Waals surface area (Å²) >= 11 is 5.24. The topological polar surface area (TPSA) is 158 Å². The fourth-order valence-electron chi connectivity index (χ4n) is 2.97. The summed E-state index contributed by atoms with van der Waals surface area (Å²) in [6.45, 7) is 3.35. The van der Waals surface area contributed by atoms with Gasteiger partial charge < -0.3 is 29.1 Å². The molecule has 3 heterocycles. The molecule has 1 saturated heterocycles. The van der Waals surface area contributed by atoms with Crippen molar-refractivity contribution >= 4 is 47.3 Å². The first-order valence-corrected chi connectivity index (χ1v) is 8.85. The predicted octanol–water partition coefficient (Wildman–Crippen LogP) is 0.660. The second-order valence-corrected chi connectivity index (χ2v) is 6.52. The maximum Gasteiger partial charge on any atom is 0.303 e. The Balaban J connectivity index is 2.08. The second-order valence-electron chi connectivity index (χ2n) is 6.17. The van der Waals surface area contributed by atoms with Gasteiger partial charge in [0.15, 0.2) is 29.7 Å². The average Bonchev–Trinajstić information content (AvgIpc) is 3.09. The summed E-state index contributed by atoms with van der Waals surface area (Å²) in [7, 11) is 0. The molecule has 1 aliphatic rings. The largest absolute Gasteiger partial charge is 0.463 e. The van der Waals surface area contributed by atoms with Crippen LogP contribution in [0.15, 0.2) is 10.6 Å². The van der Waals surface area contributed by atoms with Gasteiger partial charge >= 0.3 is 17.9 Å². The van der Waals surface area contributed by atoms with Gasteiger partial charge in [0.1, 0.15) is 12.7 Å². The Hall–Kier alpha value is -3.06. The van der Waals surface area contributed by atoms with Crippen LogP contribution >= 0.6 is 12.2 Å². The van der Waals surface area contributed by atoms with Crippen LogP contribution in [-0.2, 0) is 33.3 Å². The molecule has 0 aliphatic carbocycles. The molecule has 0 aromatic carbocycles. The van der Waals surface area contributed by atoms with Gasteiger partial charge in [0.2, 0.25) is 5.95 Å². The van der Waals surface area contributed by atoms with Gasteiger partial charge in [-0.3, -0.25) is 19.0 Å². The van der Waals surface area contributed by atoms with E-state index in [1.165, 1.54) is 31.5 Å². The number of oxazole rings is 1. The van der Waals surface area contributed by atoms with E-state index in [1.807, 2.05) is 0 Å². The lowest BCUT2D eigenvalue weighted by atomic mass is 10.1. The first-order valence-electron chi connectivity index (χ1n) is 8.44. The Morgan fingerprint density at radius 3 is 2.45 bits per heavy atom. The molecule has 13 heteroatoms. The minimum Gasteiger partial charge on any atom is -0.463 e. The summed E-state index contributed by atoms with van der Waals surface area (Å²) in [4.78, 5) is 42.4. The number of aromatic nitrogens is 3. The highest BCUT2D eigenvalue weighted by Crippen LogP contribution is 2.36. The number of rotatable bonds is 5. The quantitative estimate of drug-likeness (QED) is 0.405. The number of anilines is 1. The molecule has 29 heavy (non-hydrogen) atoms. The third kappa shape index (κ3) is 4.35. The van der Waals surface area contributed by atoms with Crippen molar-refractivity contribution in [1.29, 1.82) is 0 Å². The molecule has 1 fully saturated rings. The second kappa shape index (κ2) is 8.13. The Morgan fingerprint density at radius 2 is 1.83 bits per heavy atom. The molecule has 0 spiro atoms.